The predicted octanol–water partition coefficient (Wildman–Crippen LogP) is 4.71. The standard InChI is InChI=1S/C22H22N2O3S/c1-3-28-21-7-5-4-6-18(21)22(25)23-13-17-12-20(27-24-17)15-8-9-19-16(11-15)10-14(2)26-19/h4-9,11-12,14H,3,10,13H2,1-2H3,(H,23,25). The molecule has 3 aromatic rings. The van der Waals surface area contributed by atoms with Gasteiger partial charge in [-0.25, -0.2) is 0 Å². The van der Waals surface area contributed by atoms with Crippen molar-refractivity contribution in [3.63, 3.8) is 0 Å². The molecule has 2 aromatic carbocycles. The Labute approximate surface area is 168 Å². The molecule has 1 aliphatic heterocycles. The molecule has 6 heteroatoms. The highest BCUT2D eigenvalue weighted by atomic mass is 32.2. The fourth-order valence-corrected chi connectivity index (χ4v) is 4.11. The van der Waals surface area contributed by atoms with Crippen LogP contribution in [0.25, 0.3) is 11.3 Å². The number of carbonyl (C=O) groups is 1. The van der Waals surface area contributed by atoms with Crippen molar-refractivity contribution in [3.8, 4) is 17.1 Å². The van der Waals surface area contributed by atoms with E-state index in [1.54, 1.807) is 11.8 Å². The third-order valence-corrected chi connectivity index (χ3v) is 5.56. The third-order valence-electron chi connectivity index (χ3n) is 4.60. The summed E-state index contributed by atoms with van der Waals surface area (Å²) in [5, 5.41) is 7.03. The fraction of sp³-hybridized carbons (Fsp3) is 0.273. The first-order valence-corrected chi connectivity index (χ1v) is 10.4. The summed E-state index contributed by atoms with van der Waals surface area (Å²) in [6, 6.07) is 15.5. The minimum Gasteiger partial charge on any atom is -0.490 e. The van der Waals surface area contributed by atoms with Gasteiger partial charge < -0.3 is 14.6 Å². The Hall–Kier alpha value is -2.73. The molecule has 1 amide bonds. The first-order chi connectivity index (χ1) is 13.6. The molecule has 0 aliphatic carbocycles. The summed E-state index contributed by atoms with van der Waals surface area (Å²) in [7, 11) is 0. The lowest BCUT2D eigenvalue weighted by Gasteiger charge is -2.08. The third kappa shape index (κ3) is 3.92. The van der Waals surface area contributed by atoms with Crippen LogP contribution in [0.1, 0.15) is 35.5 Å². The van der Waals surface area contributed by atoms with Crippen molar-refractivity contribution in [1.29, 1.82) is 0 Å². The van der Waals surface area contributed by atoms with Crippen LogP contribution in [0.4, 0.5) is 0 Å². The zero-order chi connectivity index (χ0) is 19.5. The van der Waals surface area contributed by atoms with E-state index in [4.69, 9.17) is 9.26 Å². The van der Waals surface area contributed by atoms with Gasteiger partial charge in [-0.05, 0) is 48.6 Å². The molecule has 0 radical (unpaired) electrons. The molecular formula is C22H22N2O3S. The van der Waals surface area contributed by atoms with E-state index in [0.29, 0.717) is 23.6 Å². The second kappa shape index (κ2) is 8.10. The number of hydrogen-bond donors (Lipinski definition) is 1. The topological polar surface area (TPSA) is 64.4 Å². The smallest absolute Gasteiger partial charge is 0.252 e. The Morgan fingerprint density at radius 2 is 2.11 bits per heavy atom. The normalized spacial score (nSPS) is 15.1. The Balaban J connectivity index is 1.43. The van der Waals surface area contributed by atoms with Crippen molar-refractivity contribution in [2.75, 3.05) is 5.75 Å². The maximum atomic E-state index is 12.6. The van der Waals surface area contributed by atoms with Crippen LogP contribution < -0.4 is 10.1 Å². The number of rotatable bonds is 6. The van der Waals surface area contributed by atoms with Crippen molar-refractivity contribution in [2.24, 2.45) is 0 Å². The molecule has 0 fully saturated rings. The van der Waals surface area contributed by atoms with E-state index in [1.807, 2.05) is 42.5 Å². The van der Waals surface area contributed by atoms with Gasteiger partial charge in [0.25, 0.3) is 5.91 Å². The highest BCUT2D eigenvalue weighted by molar-refractivity contribution is 7.99. The first kappa shape index (κ1) is 18.6. The van der Waals surface area contributed by atoms with Crippen LogP contribution >= 0.6 is 11.8 Å². The number of fused-ring (bicyclic) bond motifs is 1. The van der Waals surface area contributed by atoms with E-state index in [9.17, 15) is 4.79 Å². The molecule has 4 rings (SSSR count). The van der Waals surface area contributed by atoms with E-state index in [2.05, 4.69) is 30.4 Å². The fourth-order valence-electron chi connectivity index (χ4n) is 3.31. The average Bonchev–Trinajstić information content (AvgIpc) is 3.31. The molecule has 1 atom stereocenters. The first-order valence-electron chi connectivity index (χ1n) is 9.39. The number of aromatic nitrogens is 1. The second-order valence-electron chi connectivity index (χ2n) is 6.75. The number of carbonyl (C=O) groups excluding carboxylic acids is 1. The summed E-state index contributed by atoms with van der Waals surface area (Å²) in [6.45, 7) is 4.45. The van der Waals surface area contributed by atoms with Crippen molar-refractivity contribution in [1.82, 2.24) is 10.5 Å². The Morgan fingerprint density at radius 1 is 1.25 bits per heavy atom. The Bertz CT molecular complexity index is 999. The maximum absolute atomic E-state index is 12.6. The van der Waals surface area contributed by atoms with Crippen LogP contribution in [0.3, 0.4) is 0 Å². The van der Waals surface area contributed by atoms with Crippen LogP contribution in [-0.2, 0) is 13.0 Å². The van der Waals surface area contributed by atoms with Crippen molar-refractivity contribution >= 4 is 17.7 Å². The maximum Gasteiger partial charge on any atom is 0.252 e. The number of ether oxygens (including phenoxy) is 1. The van der Waals surface area contributed by atoms with Crippen LogP contribution in [-0.4, -0.2) is 22.9 Å². The number of amides is 1. The zero-order valence-corrected chi connectivity index (χ0v) is 16.7. The van der Waals surface area contributed by atoms with Gasteiger partial charge in [-0.3, -0.25) is 4.79 Å². The van der Waals surface area contributed by atoms with Gasteiger partial charge in [-0.1, -0.05) is 24.2 Å². The number of nitrogens with zero attached hydrogens (tertiary/aromatic N) is 1. The van der Waals surface area contributed by atoms with Gasteiger partial charge in [0.2, 0.25) is 0 Å². The average molecular weight is 394 g/mol. The van der Waals surface area contributed by atoms with Gasteiger partial charge in [0.15, 0.2) is 5.76 Å². The minimum atomic E-state index is -0.107. The molecule has 5 nitrogen and oxygen atoms in total. The van der Waals surface area contributed by atoms with Gasteiger partial charge in [-0.2, -0.15) is 0 Å². The monoisotopic (exact) mass is 394 g/mol. The molecule has 0 saturated heterocycles. The molecule has 1 aliphatic rings. The largest absolute Gasteiger partial charge is 0.490 e. The summed E-state index contributed by atoms with van der Waals surface area (Å²) in [5.74, 6) is 2.44. The summed E-state index contributed by atoms with van der Waals surface area (Å²) < 4.78 is 11.2. The summed E-state index contributed by atoms with van der Waals surface area (Å²) in [5.41, 5.74) is 3.52. The van der Waals surface area contributed by atoms with Gasteiger partial charge >= 0.3 is 0 Å². The quantitative estimate of drug-likeness (QED) is 0.614. The molecule has 0 bridgehead atoms. The molecule has 1 N–H and O–H groups in total. The van der Waals surface area contributed by atoms with E-state index < -0.39 is 0 Å². The van der Waals surface area contributed by atoms with Crippen LogP contribution in [0, 0.1) is 0 Å². The van der Waals surface area contributed by atoms with Crippen molar-refractivity contribution in [3.05, 3.63) is 65.4 Å². The molecule has 28 heavy (non-hydrogen) atoms. The van der Waals surface area contributed by atoms with E-state index in [-0.39, 0.29) is 12.0 Å². The second-order valence-corrected chi connectivity index (χ2v) is 8.06. The number of hydrogen-bond acceptors (Lipinski definition) is 5. The Morgan fingerprint density at radius 3 is 2.96 bits per heavy atom. The van der Waals surface area contributed by atoms with E-state index >= 15 is 0 Å². The molecule has 144 valence electrons. The summed E-state index contributed by atoms with van der Waals surface area (Å²) in [6.07, 6.45) is 1.11. The lowest BCUT2D eigenvalue weighted by Crippen LogP contribution is -2.23. The summed E-state index contributed by atoms with van der Waals surface area (Å²) >= 11 is 1.66. The molecule has 1 unspecified atom stereocenters. The highest BCUT2D eigenvalue weighted by Gasteiger charge is 2.20. The number of thioether (sulfide) groups is 1. The van der Waals surface area contributed by atoms with Crippen LogP contribution in [0.15, 0.2) is 57.9 Å². The number of benzene rings is 2. The van der Waals surface area contributed by atoms with Crippen molar-refractivity contribution in [2.45, 2.75) is 37.8 Å². The van der Waals surface area contributed by atoms with Crippen LogP contribution in [0.5, 0.6) is 5.75 Å². The van der Waals surface area contributed by atoms with Gasteiger partial charge in [0.05, 0.1) is 12.1 Å². The Kier molecular flexibility index (Phi) is 5.39. The molecule has 0 spiro atoms. The lowest BCUT2D eigenvalue weighted by molar-refractivity contribution is 0.0947. The van der Waals surface area contributed by atoms with Crippen molar-refractivity contribution < 1.29 is 14.1 Å². The predicted molar refractivity (Wildman–Crippen MR) is 110 cm³/mol. The summed E-state index contributed by atoms with van der Waals surface area (Å²) in [4.78, 5) is 13.5. The molecule has 0 saturated carbocycles. The minimum absolute atomic E-state index is 0.107. The van der Waals surface area contributed by atoms with Gasteiger partial charge in [0, 0.05) is 22.9 Å². The zero-order valence-electron chi connectivity index (χ0n) is 15.9. The van der Waals surface area contributed by atoms with Gasteiger partial charge in [0.1, 0.15) is 17.5 Å². The van der Waals surface area contributed by atoms with E-state index in [0.717, 1.165) is 28.4 Å². The van der Waals surface area contributed by atoms with Crippen LogP contribution in [0.2, 0.25) is 0 Å². The van der Waals surface area contributed by atoms with Gasteiger partial charge in [-0.15, -0.1) is 11.8 Å². The lowest BCUT2D eigenvalue weighted by atomic mass is 10.1. The molecule has 1 aromatic heterocycles. The highest BCUT2D eigenvalue weighted by Crippen LogP contribution is 2.33. The van der Waals surface area contributed by atoms with E-state index in [1.165, 1.54) is 5.56 Å². The number of nitrogens with one attached hydrogen (secondary N) is 1. The molecular weight excluding hydrogens is 372 g/mol. The molecule has 2 heterocycles. The SMILES string of the molecule is CCSc1ccccc1C(=O)NCc1cc(-c2ccc3c(c2)CC(C)O3)on1.